The minimum absolute atomic E-state index is 0.196. The minimum Gasteiger partial charge on any atom is -0.359 e. The number of hydrogen-bond acceptors (Lipinski definition) is 6. The monoisotopic (exact) mass is 316 g/mol. The lowest BCUT2D eigenvalue weighted by atomic mass is 10.2. The summed E-state index contributed by atoms with van der Waals surface area (Å²) in [6.45, 7) is 3.21. The van der Waals surface area contributed by atoms with Crippen molar-refractivity contribution in [2.45, 2.75) is 26.4 Å². The number of amides is 1. The van der Waals surface area contributed by atoms with Crippen LogP contribution in [0.25, 0.3) is 11.0 Å². The van der Waals surface area contributed by atoms with E-state index in [0.29, 0.717) is 22.5 Å². The number of carbonyl (C=O) groups excluding carboxylic acids is 1. The molecule has 0 saturated heterocycles. The lowest BCUT2D eigenvalue weighted by Gasteiger charge is -2.17. The second-order valence-corrected chi connectivity index (χ2v) is 5.24. The summed E-state index contributed by atoms with van der Waals surface area (Å²) in [5, 5.41) is 22.8. The topological polar surface area (TPSA) is 104 Å². The highest BCUT2D eigenvalue weighted by Gasteiger charge is 2.18. The third kappa shape index (κ3) is 2.85. The van der Waals surface area contributed by atoms with Crippen LogP contribution in [0.5, 0.6) is 0 Å². The van der Waals surface area contributed by atoms with Gasteiger partial charge in [0.1, 0.15) is 6.33 Å². The third-order valence-corrected chi connectivity index (χ3v) is 3.52. The fourth-order valence-electron chi connectivity index (χ4n) is 2.34. The van der Waals surface area contributed by atoms with E-state index in [1.54, 1.807) is 24.3 Å². The van der Waals surface area contributed by atoms with Crippen molar-refractivity contribution >= 4 is 16.9 Å². The summed E-state index contributed by atoms with van der Waals surface area (Å²) in [7, 11) is 1.69. The first-order valence-electron chi connectivity index (χ1n) is 7.21. The van der Waals surface area contributed by atoms with E-state index in [9.17, 15) is 10.0 Å². The predicted octanol–water partition coefficient (Wildman–Crippen LogP) is 0.735. The van der Waals surface area contributed by atoms with Crippen LogP contribution in [0, 0.1) is 5.21 Å². The quantitative estimate of drug-likeness (QED) is 0.643. The number of aromatic nitrogens is 5. The zero-order chi connectivity index (χ0) is 16.4. The SMILES string of the molecule is CCCn1cnnc1CN(C)C(=O)c1ccc2c(c1)no[n+]2[O-]. The van der Waals surface area contributed by atoms with Gasteiger partial charge in [-0.1, -0.05) is 6.92 Å². The second kappa shape index (κ2) is 6.03. The first kappa shape index (κ1) is 14.9. The molecule has 9 nitrogen and oxygen atoms in total. The molecule has 0 fully saturated rings. The summed E-state index contributed by atoms with van der Waals surface area (Å²) in [5.41, 5.74) is 1.05. The van der Waals surface area contributed by atoms with Gasteiger partial charge in [-0.25, -0.2) is 0 Å². The largest absolute Gasteiger partial charge is 0.359 e. The summed E-state index contributed by atoms with van der Waals surface area (Å²) >= 11 is 0. The number of rotatable bonds is 5. The van der Waals surface area contributed by atoms with Crippen LogP contribution in [0.3, 0.4) is 0 Å². The second-order valence-electron chi connectivity index (χ2n) is 5.24. The van der Waals surface area contributed by atoms with E-state index >= 15 is 0 Å². The Balaban J connectivity index is 1.79. The Morgan fingerprint density at radius 2 is 2.30 bits per heavy atom. The molecule has 0 unspecified atom stereocenters. The molecule has 0 aliphatic carbocycles. The van der Waals surface area contributed by atoms with Gasteiger partial charge in [-0.05, 0) is 23.5 Å². The first-order chi connectivity index (χ1) is 11.1. The fraction of sp³-hybridized carbons (Fsp3) is 0.357. The van der Waals surface area contributed by atoms with Gasteiger partial charge in [-0.15, -0.1) is 10.2 Å². The highest BCUT2D eigenvalue weighted by molar-refractivity contribution is 5.96. The maximum absolute atomic E-state index is 12.5. The Hall–Kier alpha value is -2.97. The molecule has 9 heteroatoms. The molecule has 1 aromatic carbocycles. The lowest BCUT2D eigenvalue weighted by molar-refractivity contribution is -0.782. The molecule has 0 aliphatic heterocycles. The number of fused-ring (bicyclic) bond motifs is 1. The van der Waals surface area contributed by atoms with E-state index in [1.165, 1.54) is 12.1 Å². The van der Waals surface area contributed by atoms with E-state index in [-0.39, 0.29) is 11.4 Å². The van der Waals surface area contributed by atoms with Crippen molar-refractivity contribution in [1.82, 2.24) is 24.8 Å². The van der Waals surface area contributed by atoms with E-state index < -0.39 is 0 Å². The average molecular weight is 316 g/mol. The third-order valence-electron chi connectivity index (χ3n) is 3.52. The summed E-state index contributed by atoms with van der Waals surface area (Å²) < 4.78 is 6.42. The molecule has 3 rings (SSSR count). The lowest BCUT2D eigenvalue weighted by Crippen LogP contribution is -2.28. The number of aryl methyl sites for hydroxylation is 1. The minimum atomic E-state index is -0.196. The predicted molar refractivity (Wildman–Crippen MR) is 79.1 cm³/mol. The highest BCUT2D eigenvalue weighted by Crippen LogP contribution is 2.13. The van der Waals surface area contributed by atoms with Gasteiger partial charge < -0.3 is 14.7 Å². The average Bonchev–Trinajstić information content (AvgIpc) is 3.14. The van der Waals surface area contributed by atoms with E-state index in [4.69, 9.17) is 0 Å². The Kier molecular flexibility index (Phi) is 3.92. The van der Waals surface area contributed by atoms with Crippen LogP contribution < -0.4 is 4.90 Å². The Labute approximate surface area is 131 Å². The molecule has 0 saturated carbocycles. The van der Waals surface area contributed by atoms with E-state index in [2.05, 4.69) is 26.9 Å². The fourth-order valence-corrected chi connectivity index (χ4v) is 2.34. The standard InChI is InChI=1S/C14H16N6O3/c1-3-6-19-9-15-16-13(19)8-18(2)14(21)10-4-5-12-11(7-10)17-23-20(12)22/h4-5,7,9H,3,6,8H2,1-2H3. The van der Waals surface area contributed by atoms with Crippen LogP contribution in [-0.4, -0.2) is 37.8 Å². The van der Waals surface area contributed by atoms with Gasteiger partial charge in [0.2, 0.25) is 11.0 Å². The van der Waals surface area contributed by atoms with Crippen molar-refractivity contribution in [2.24, 2.45) is 0 Å². The van der Waals surface area contributed by atoms with Crippen molar-refractivity contribution in [2.75, 3.05) is 7.05 Å². The maximum Gasteiger partial charge on any atom is 0.254 e. The summed E-state index contributed by atoms with van der Waals surface area (Å²) in [6.07, 6.45) is 2.62. The Morgan fingerprint density at radius 1 is 1.48 bits per heavy atom. The van der Waals surface area contributed by atoms with Gasteiger partial charge >= 0.3 is 0 Å². The molecule has 0 aliphatic rings. The summed E-state index contributed by atoms with van der Waals surface area (Å²) in [4.78, 5) is 14.4. The van der Waals surface area contributed by atoms with Crippen LogP contribution in [0.15, 0.2) is 29.2 Å². The van der Waals surface area contributed by atoms with Crippen LogP contribution in [0.1, 0.15) is 29.5 Å². The molecule has 0 spiro atoms. The van der Waals surface area contributed by atoms with Crippen molar-refractivity contribution < 1.29 is 14.3 Å². The van der Waals surface area contributed by atoms with Gasteiger partial charge in [0, 0.05) is 30.4 Å². The van der Waals surface area contributed by atoms with Crippen LogP contribution in [0.4, 0.5) is 0 Å². The summed E-state index contributed by atoms with van der Waals surface area (Å²) in [6, 6.07) is 4.62. The molecular weight excluding hydrogens is 300 g/mol. The Morgan fingerprint density at radius 3 is 3.09 bits per heavy atom. The molecule has 2 aromatic heterocycles. The van der Waals surface area contributed by atoms with E-state index in [0.717, 1.165) is 18.8 Å². The molecular formula is C14H16N6O3. The highest BCUT2D eigenvalue weighted by atomic mass is 16.8. The van der Waals surface area contributed by atoms with Crippen LogP contribution >= 0.6 is 0 Å². The number of nitrogens with zero attached hydrogens (tertiary/aromatic N) is 6. The van der Waals surface area contributed by atoms with Gasteiger partial charge in [0.05, 0.1) is 6.54 Å². The van der Waals surface area contributed by atoms with E-state index in [1.807, 2.05) is 4.57 Å². The molecule has 0 atom stereocenters. The molecule has 1 amide bonds. The van der Waals surface area contributed by atoms with Crippen molar-refractivity contribution in [3.05, 3.63) is 41.1 Å². The zero-order valence-electron chi connectivity index (χ0n) is 12.8. The van der Waals surface area contributed by atoms with Gasteiger partial charge in [0.25, 0.3) is 5.91 Å². The number of hydrogen-bond donors (Lipinski definition) is 0. The molecule has 0 N–H and O–H groups in total. The van der Waals surface area contributed by atoms with Crippen molar-refractivity contribution in [1.29, 1.82) is 0 Å². The van der Waals surface area contributed by atoms with Crippen LogP contribution in [0.2, 0.25) is 0 Å². The van der Waals surface area contributed by atoms with Crippen molar-refractivity contribution in [3.63, 3.8) is 0 Å². The molecule has 120 valence electrons. The number of benzene rings is 1. The summed E-state index contributed by atoms with van der Waals surface area (Å²) in [5.74, 6) is 0.529. The smallest absolute Gasteiger partial charge is 0.254 e. The molecule has 0 bridgehead atoms. The number of carbonyl (C=O) groups is 1. The molecule has 2 heterocycles. The molecule has 0 radical (unpaired) electrons. The normalized spacial score (nSPS) is 11.0. The van der Waals surface area contributed by atoms with Gasteiger partial charge in [0.15, 0.2) is 5.82 Å². The van der Waals surface area contributed by atoms with Crippen LogP contribution in [-0.2, 0) is 13.1 Å². The molecule has 23 heavy (non-hydrogen) atoms. The Bertz CT molecular complexity index is 840. The zero-order valence-corrected chi connectivity index (χ0v) is 12.8. The van der Waals surface area contributed by atoms with Gasteiger partial charge in [-0.3, -0.25) is 9.42 Å². The molecule has 3 aromatic rings. The van der Waals surface area contributed by atoms with Crippen molar-refractivity contribution in [3.8, 4) is 0 Å². The first-order valence-corrected chi connectivity index (χ1v) is 7.21. The maximum atomic E-state index is 12.5. The van der Waals surface area contributed by atoms with Gasteiger partial charge in [-0.2, -0.15) is 0 Å².